The maximum atomic E-state index is 12.9. The molecule has 3 rings (SSSR count). The molecule has 1 saturated heterocycles. The zero-order valence-electron chi connectivity index (χ0n) is 16.3. The zero-order chi connectivity index (χ0) is 21.6. The summed E-state index contributed by atoms with van der Waals surface area (Å²) in [5.41, 5.74) is 0.669. The van der Waals surface area contributed by atoms with Gasteiger partial charge in [-0.1, -0.05) is 12.5 Å². The second-order valence-electron chi connectivity index (χ2n) is 6.96. The third-order valence-electron chi connectivity index (χ3n) is 4.94. The highest BCUT2D eigenvalue weighted by atomic mass is 32.2. The van der Waals surface area contributed by atoms with Gasteiger partial charge >= 0.3 is 0 Å². The predicted octanol–water partition coefficient (Wildman–Crippen LogP) is 3.42. The molecule has 0 spiro atoms. The molecule has 10 heteroatoms. The van der Waals surface area contributed by atoms with Crippen molar-refractivity contribution >= 4 is 39.0 Å². The molecule has 0 saturated carbocycles. The van der Waals surface area contributed by atoms with Crippen LogP contribution in [-0.4, -0.2) is 42.7 Å². The molecule has 2 aromatic rings. The van der Waals surface area contributed by atoms with Gasteiger partial charge in [0.1, 0.15) is 4.21 Å². The van der Waals surface area contributed by atoms with Crippen molar-refractivity contribution in [1.29, 1.82) is 0 Å². The van der Waals surface area contributed by atoms with Gasteiger partial charge in [0.2, 0.25) is 5.91 Å². The van der Waals surface area contributed by atoms with Gasteiger partial charge in [0.25, 0.3) is 15.7 Å². The minimum Gasteiger partial charge on any atom is -0.352 e. The Morgan fingerprint density at radius 1 is 1.27 bits per heavy atom. The SMILES string of the molecule is O=C(/C=C/c1ccc([N+](=O)[O-])cc1)NCCC1CCCCN1S(=O)(=O)c1cccs1. The summed E-state index contributed by atoms with van der Waals surface area (Å²) in [6.07, 6.45) is 6.07. The molecular weight excluding hydrogens is 426 g/mol. The third kappa shape index (κ3) is 5.53. The average Bonchev–Trinajstić information content (AvgIpc) is 3.29. The highest BCUT2D eigenvalue weighted by Crippen LogP contribution is 2.29. The lowest BCUT2D eigenvalue weighted by Gasteiger charge is -2.34. The molecule has 0 aliphatic carbocycles. The molecule has 2 heterocycles. The van der Waals surface area contributed by atoms with Crippen molar-refractivity contribution in [3.8, 4) is 0 Å². The topological polar surface area (TPSA) is 110 Å². The van der Waals surface area contributed by atoms with E-state index >= 15 is 0 Å². The van der Waals surface area contributed by atoms with Gasteiger partial charge in [-0.3, -0.25) is 14.9 Å². The van der Waals surface area contributed by atoms with Crippen molar-refractivity contribution in [1.82, 2.24) is 9.62 Å². The van der Waals surface area contributed by atoms with Crippen LogP contribution in [0, 0.1) is 10.1 Å². The number of thiophene rings is 1. The van der Waals surface area contributed by atoms with Crippen molar-refractivity contribution in [3.05, 3.63) is 63.5 Å². The summed E-state index contributed by atoms with van der Waals surface area (Å²) in [7, 11) is -3.50. The fraction of sp³-hybridized carbons (Fsp3) is 0.350. The van der Waals surface area contributed by atoms with Crippen LogP contribution < -0.4 is 5.32 Å². The van der Waals surface area contributed by atoms with Crippen LogP contribution in [0.2, 0.25) is 0 Å². The van der Waals surface area contributed by atoms with Gasteiger partial charge in [-0.05, 0) is 54.5 Å². The van der Waals surface area contributed by atoms with Crippen molar-refractivity contribution in [2.75, 3.05) is 13.1 Å². The van der Waals surface area contributed by atoms with E-state index in [9.17, 15) is 23.3 Å². The molecule has 30 heavy (non-hydrogen) atoms. The lowest BCUT2D eigenvalue weighted by atomic mass is 10.0. The van der Waals surface area contributed by atoms with Crippen LogP contribution in [0.5, 0.6) is 0 Å². The van der Waals surface area contributed by atoms with E-state index in [0.717, 1.165) is 19.3 Å². The molecule has 1 aliphatic rings. The Morgan fingerprint density at radius 2 is 2.03 bits per heavy atom. The van der Waals surface area contributed by atoms with Crippen molar-refractivity contribution in [3.63, 3.8) is 0 Å². The van der Waals surface area contributed by atoms with Gasteiger partial charge < -0.3 is 5.32 Å². The summed E-state index contributed by atoms with van der Waals surface area (Å²) < 4.78 is 27.7. The maximum absolute atomic E-state index is 12.9. The number of nitrogens with one attached hydrogen (secondary N) is 1. The minimum atomic E-state index is -3.50. The quantitative estimate of drug-likeness (QED) is 0.377. The number of non-ortho nitro benzene ring substituents is 1. The number of hydrogen-bond donors (Lipinski definition) is 1. The average molecular weight is 450 g/mol. The minimum absolute atomic E-state index is 0.00821. The lowest BCUT2D eigenvalue weighted by Crippen LogP contribution is -2.44. The number of carbonyl (C=O) groups excluding carboxylic acids is 1. The fourth-order valence-electron chi connectivity index (χ4n) is 3.40. The number of nitro groups is 1. The summed E-state index contributed by atoms with van der Waals surface area (Å²) >= 11 is 1.22. The second-order valence-corrected chi connectivity index (χ2v) is 10.0. The molecule has 1 aromatic heterocycles. The lowest BCUT2D eigenvalue weighted by molar-refractivity contribution is -0.384. The molecule has 0 bridgehead atoms. The van der Waals surface area contributed by atoms with E-state index in [0.29, 0.717) is 29.3 Å². The molecule has 0 radical (unpaired) electrons. The summed E-state index contributed by atoms with van der Waals surface area (Å²) in [5.74, 6) is -0.295. The Kier molecular flexibility index (Phi) is 7.35. The molecule has 160 valence electrons. The number of hydrogen-bond acceptors (Lipinski definition) is 6. The van der Waals surface area contributed by atoms with E-state index in [2.05, 4.69) is 5.32 Å². The van der Waals surface area contributed by atoms with Gasteiger partial charge in [-0.15, -0.1) is 11.3 Å². The number of nitro benzene ring substituents is 1. The first kappa shape index (κ1) is 22.1. The number of sulfonamides is 1. The van der Waals surface area contributed by atoms with Gasteiger partial charge in [-0.2, -0.15) is 4.31 Å². The second kappa shape index (κ2) is 9.96. The number of carbonyl (C=O) groups is 1. The van der Waals surface area contributed by atoms with E-state index in [4.69, 9.17) is 0 Å². The molecule has 1 aromatic carbocycles. The molecular formula is C20H23N3O5S2. The van der Waals surface area contributed by atoms with Crippen LogP contribution in [0.3, 0.4) is 0 Å². The van der Waals surface area contributed by atoms with Crippen molar-refractivity contribution in [2.24, 2.45) is 0 Å². The first-order valence-corrected chi connectivity index (χ1v) is 12.0. The van der Waals surface area contributed by atoms with Crippen LogP contribution in [-0.2, 0) is 14.8 Å². The van der Waals surface area contributed by atoms with Crippen molar-refractivity contribution in [2.45, 2.75) is 35.9 Å². The molecule has 1 N–H and O–H groups in total. The Morgan fingerprint density at radius 3 is 2.70 bits per heavy atom. The normalized spacial score (nSPS) is 17.8. The number of benzene rings is 1. The Labute approximate surface area is 179 Å². The van der Waals surface area contributed by atoms with E-state index in [1.807, 2.05) is 0 Å². The van der Waals surface area contributed by atoms with Crippen molar-refractivity contribution < 1.29 is 18.1 Å². The number of rotatable bonds is 8. The molecule has 1 fully saturated rings. The van der Waals surface area contributed by atoms with Gasteiger partial charge in [0.05, 0.1) is 4.92 Å². The molecule has 1 amide bonds. The third-order valence-corrected chi connectivity index (χ3v) is 8.26. The summed E-state index contributed by atoms with van der Waals surface area (Å²) in [4.78, 5) is 22.2. The predicted molar refractivity (Wildman–Crippen MR) is 116 cm³/mol. The first-order valence-electron chi connectivity index (χ1n) is 9.63. The van der Waals surface area contributed by atoms with Crippen LogP contribution in [0.15, 0.2) is 52.1 Å². The van der Waals surface area contributed by atoms with Crippen LogP contribution in [0.1, 0.15) is 31.2 Å². The molecule has 8 nitrogen and oxygen atoms in total. The van der Waals surface area contributed by atoms with Crippen LogP contribution in [0.25, 0.3) is 6.08 Å². The highest BCUT2D eigenvalue weighted by Gasteiger charge is 2.33. The first-order chi connectivity index (χ1) is 14.4. The fourth-order valence-corrected chi connectivity index (χ4v) is 6.25. The largest absolute Gasteiger partial charge is 0.352 e. The smallest absolute Gasteiger partial charge is 0.269 e. The highest BCUT2D eigenvalue weighted by molar-refractivity contribution is 7.91. The Balaban J connectivity index is 1.52. The monoisotopic (exact) mass is 449 g/mol. The standard InChI is InChI=1S/C20H23N3O5S2/c24-19(11-8-16-6-9-18(10-7-16)23(25)26)21-13-12-17-4-1-2-14-22(17)30(27,28)20-5-3-15-29-20/h3,5-11,15,17H,1-2,4,12-14H2,(H,21,24)/b11-8+. The van der Waals surface area contributed by atoms with E-state index in [1.54, 1.807) is 40.0 Å². The number of piperidine rings is 1. The van der Waals surface area contributed by atoms with E-state index in [-0.39, 0.29) is 17.6 Å². The number of nitrogens with zero attached hydrogens (tertiary/aromatic N) is 2. The molecule has 1 aliphatic heterocycles. The molecule has 1 unspecified atom stereocenters. The maximum Gasteiger partial charge on any atom is 0.269 e. The van der Waals surface area contributed by atoms with E-state index in [1.165, 1.54) is 29.5 Å². The summed E-state index contributed by atoms with van der Waals surface area (Å²) in [6.45, 7) is 0.865. The Hall–Kier alpha value is -2.56. The van der Waals surface area contributed by atoms with Gasteiger partial charge in [0, 0.05) is 37.3 Å². The van der Waals surface area contributed by atoms with E-state index < -0.39 is 14.9 Å². The Bertz CT molecular complexity index is 1000. The van der Waals surface area contributed by atoms with Gasteiger partial charge in [0.15, 0.2) is 0 Å². The molecule has 1 atom stereocenters. The van der Waals surface area contributed by atoms with Crippen LogP contribution >= 0.6 is 11.3 Å². The number of amides is 1. The summed E-state index contributed by atoms with van der Waals surface area (Å²) in [5, 5.41) is 15.2. The zero-order valence-corrected chi connectivity index (χ0v) is 17.9. The summed E-state index contributed by atoms with van der Waals surface area (Å²) in [6, 6.07) is 9.11. The van der Waals surface area contributed by atoms with Gasteiger partial charge in [-0.25, -0.2) is 8.42 Å². The van der Waals surface area contributed by atoms with Crippen LogP contribution in [0.4, 0.5) is 5.69 Å².